The molecular weight excluding hydrogens is 290 g/mol. The summed E-state index contributed by atoms with van der Waals surface area (Å²) in [6.07, 6.45) is 8.07. The second-order valence-corrected chi connectivity index (χ2v) is 5.60. The van der Waals surface area contributed by atoms with Crippen molar-refractivity contribution >= 4 is 15.9 Å². The molecule has 1 aromatic heterocycles. The van der Waals surface area contributed by atoms with Crippen molar-refractivity contribution in [2.24, 2.45) is 0 Å². The van der Waals surface area contributed by atoms with Crippen LogP contribution in [0.3, 0.4) is 0 Å². The Kier molecular flexibility index (Phi) is 3.48. The van der Waals surface area contributed by atoms with Crippen molar-refractivity contribution in [2.45, 2.75) is 25.4 Å². The van der Waals surface area contributed by atoms with Gasteiger partial charge in [-0.25, -0.2) is 4.98 Å². The zero-order valence-corrected chi connectivity index (χ0v) is 11.7. The van der Waals surface area contributed by atoms with Crippen LogP contribution >= 0.6 is 15.9 Å². The summed E-state index contributed by atoms with van der Waals surface area (Å²) in [7, 11) is 0. The van der Waals surface area contributed by atoms with Gasteiger partial charge < -0.3 is 9.88 Å². The van der Waals surface area contributed by atoms with Gasteiger partial charge in [0.2, 0.25) is 0 Å². The third-order valence-electron chi connectivity index (χ3n) is 3.50. The van der Waals surface area contributed by atoms with E-state index in [4.69, 9.17) is 0 Å². The average Bonchev–Trinajstić information content (AvgIpc) is 2.99. The number of benzene rings is 1. The maximum absolute atomic E-state index is 4.05. The number of hydrogen-bond donors (Lipinski definition) is 1. The Morgan fingerprint density at radius 1 is 1.44 bits per heavy atom. The lowest BCUT2D eigenvalue weighted by atomic mass is 10.1. The monoisotopic (exact) mass is 305 g/mol. The molecule has 2 aromatic rings. The summed E-state index contributed by atoms with van der Waals surface area (Å²) in [5, 5.41) is 3.63. The molecule has 3 nitrogen and oxygen atoms in total. The number of aryl methyl sites for hydroxylation is 1. The van der Waals surface area contributed by atoms with Crippen LogP contribution in [0.4, 0.5) is 0 Å². The van der Waals surface area contributed by atoms with Crippen LogP contribution in [0, 0.1) is 0 Å². The predicted octanol–water partition coefficient (Wildman–Crippen LogP) is 2.92. The molecule has 0 aliphatic heterocycles. The first-order valence-electron chi connectivity index (χ1n) is 6.30. The number of halogens is 1. The van der Waals surface area contributed by atoms with Crippen LogP contribution in [-0.4, -0.2) is 16.1 Å². The van der Waals surface area contributed by atoms with Crippen LogP contribution < -0.4 is 5.32 Å². The Morgan fingerprint density at radius 3 is 3.22 bits per heavy atom. The molecular formula is C14H16BrN3. The van der Waals surface area contributed by atoms with Gasteiger partial charge in [0.25, 0.3) is 0 Å². The molecule has 1 atom stereocenters. The smallest absolute Gasteiger partial charge is 0.0946 e. The fourth-order valence-electron chi connectivity index (χ4n) is 2.59. The van der Waals surface area contributed by atoms with E-state index in [1.54, 1.807) is 0 Å². The highest BCUT2D eigenvalue weighted by molar-refractivity contribution is 9.10. The largest absolute Gasteiger partial charge is 0.336 e. The van der Waals surface area contributed by atoms with Gasteiger partial charge >= 0.3 is 0 Å². The molecule has 0 bridgehead atoms. The summed E-state index contributed by atoms with van der Waals surface area (Å²) < 4.78 is 3.28. The molecule has 1 aliphatic carbocycles. The first-order chi connectivity index (χ1) is 8.83. The zero-order chi connectivity index (χ0) is 12.4. The maximum atomic E-state index is 4.05. The fraction of sp³-hybridized carbons (Fsp3) is 0.357. The number of hydrogen-bond acceptors (Lipinski definition) is 2. The lowest BCUT2D eigenvalue weighted by molar-refractivity contribution is 0.501. The number of aromatic nitrogens is 2. The first-order valence-corrected chi connectivity index (χ1v) is 7.10. The maximum Gasteiger partial charge on any atom is 0.0946 e. The molecule has 0 spiro atoms. The predicted molar refractivity (Wildman–Crippen MR) is 75.4 cm³/mol. The molecule has 1 heterocycles. The highest BCUT2D eigenvalue weighted by Gasteiger charge is 2.21. The summed E-state index contributed by atoms with van der Waals surface area (Å²) in [6.45, 7) is 1.96. The van der Waals surface area contributed by atoms with Gasteiger partial charge in [-0.3, -0.25) is 0 Å². The van der Waals surface area contributed by atoms with Crippen LogP contribution in [0.1, 0.15) is 23.6 Å². The lowest BCUT2D eigenvalue weighted by Gasteiger charge is -2.14. The molecule has 0 radical (unpaired) electrons. The van der Waals surface area contributed by atoms with Crippen molar-refractivity contribution in [3.05, 3.63) is 52.5 Å². The summed E-state index contributed by atoms with van der Waals surface area (Å²) in [5.41, 5.74) is 2.94. The van der Waals surface area contributed by atoms with Crippen LogP contribution in [0.5, 0.6) is 0 Å². The van der Waals surface area contributed by atoms with Gasteiger partial charge in [0.05, 0.1) is 6.33 Å². The number of fused-ring (bicyclic) bond motifs is 1. The van der Waals surface area contributed by atoms with Gasteiger partial charge in [-0.15, -0.1) is 0 Å². The van der Waals surface area contributed by atoms with E-state index in [0.29, 0.717) is 6.04 Å². The van der Waals surface area contributed by atoms with Crippen molar-refractivity contribution in [1.82, 2.24) is 14.9 Å². The van der Waals surface area contributed by atoms with Crippen molar-refractivity contribution in [3.63, 3.8) is 0 Å². The Hall–Kier alpha value is -1.13. The third-order valence-corrected chi connectivity index (χ3v) is 4.00. The SMILES string of the molecule is Brc1ccc2c(c1)CCC2NCCn1ccnc1. The van der Waals surface area contributed by atoms with Gasteiger partial charge in [-0.05, 0) is 36.1 Å². The van der Waals surface area contributed by atoms with Crippen molar-refractivity contribution in [3.8, 4) is 0 Å². The number of imidazole rings is 1. The summed E-state index contributed by atoms with van der Waals surface area (Å²) in [6, 6.07) is 7.12. The minimum Gasteiger partial charge on any atom is -0.336 e. The average molecular weight is 306 g/mol. The van der Waals surface area contributed by atoms with Crippen molar-refractivity contribution < 1.29 is 0 Å². The van der Waals surface area contributed by atoms with Crippen LogP contribution in [0.25, 0.3) is 0 Å². The zero-order valence-electron chi connectivity index (χ0n) is 10.1. The van der Waals surface area contributed by atoms with Crippen LogP contribution in [0.2, 0.25) is 0 Å². The molecule has 0 amide bonds. The standard InChI is InChI=1S/C14H16BrN3/c15-12-2-3-13-11(9-12)1-4-14(13)17-6-8-18-7-5-16-10-18/h2-3,5,7,9-10,14,17H,1,4,6,8H2. The molecule has 1 N–H and O–H groups in total. The molecule has 94 valence electrons. The van der Waals surface area contributed by atoms with E-state index in [1.807, 2.05) is 18.7 Å². The molecule has 1 aromatic carbocycles. The normalized spacial score (nSPS) is 17.9. The minimum atomic E-state index is 0.511. The van der Waals surface area contributed by atoms with Crippen LogP contribution in [0.15, 0.2) is 41.4 Å². The van der Waals surface area contributed by atoms with E-state index in [1.165, 1.54) is 28.4 Å². The summed E-state index contributed by atoms with van der Waals surface area (Å²) >= 11 is 3.53. The molecule has 0 saturated heterocycles. The molecule has 1 aliphatic rings. The summed E-state index contributed by atoms with van der Waals surface area (Å²) in [5.74, 6) is 0. The third kappa shape index (κ3) is 2.49. The van der Waals surface area contributed by atoms with E-state index < -0.39 is 0 Å². The number of rotatable bonds is 4. The Labute approximate surface area is 115 Å². The minimum absolute atomic E-state index is 0.511. The molecule has 0 saturated carbocycles. The van der Waals surface area contributed by atoms with Crippen LogP contribution in [-0.2, 0) is 13.0 Å². The number of nitrogens with zero attached hydrogens (tertiary/aromatic N) is 2. The topological polar surface area (TPSA) is 29.9 Å². The molecule has 0 fully saturated rings. The second-order valence-electron chi connectivity index (χ2n) is 4.69. The summed E-state index contributed by atoms with van der Waals surface area (Å²) in [4.78, 5) is 4.05. The Balaban J connectivity index is 1.59. The van der Waals surface area contributed by atoms with Crippen molar-refractivity contribution in [1.29, 1.82) is 0 Å². The Morgan fingerprint density at radius 2 is 2.39 bits per heavy atom. The molecule has 18 heavy (non-hydrogen) atoms. The first kappa shape index (κ1) is 11.9. The van der Waals surface area contributed by atoms with Gasteiger partial charge in [0, 0.05) is 36.0 Å². The van der Waals surface area contributed by atoms with E-state index in [9.17, 15) is 0 Å². The van der Waals surface area contributed by atoms with Gasteiger partial charge in [-0.2, -0.15) is 0 Å². The van der Waals surface area contributed by atoms with E-state index in [-0.39, 0.29) is 0 Å². The lowest BCUT2D eigenvalue weighted by Crippen LogP contribution is -2.23. The fourth-order valence-corrected chi connectivity index (χ4v) is 2.99. The van der Waals surface area contributed by atoms with E-state index in [0.717, 1.165) is 13.1 Å². The molecule has 1 unspecified atom stereocenters. The quantitative estimate of drug-likeness (QED) is 0.941. The number of nitrogens with one attached hydrogen (secondary N) is 1. The Bertz CT molecular complexity index is 522. The van der Waals surface area contributed by atoms with Gasteiger partial charge in [0.1, 0.15) is 0 Å². The van der Waals surface area contributed by atoms with E-state index in [2.05, 4.69) is 49.0 Å². The van der Waals surface area contributed by atoms with Gasteiger partial charge in [0.15, 0.2) is 0 Å². The van der Waals surface area contributed by atoms with Crippen molar-refractivity contribution in [2.75, 3.05) is 6.54 Å². The highest BCUT2D eigenvalue weighted by atomic mass is 79.9. The highest BCUT2D eigenvalue weighted by Crippen LogP contribution is 2.32. The van der Waals surface area contributed by atoms with E-state index >= 15 is 0 Å². The van der Waals surface area contributed by atoms with Gasteiger partial charge in [-0.1, -0.05) is 22.0 Å². The molecule has 4 heteroatoms. The molecule has 3 rings (SSSR count). The second kappa shape index (κ2) is 5.24.